The molecule has 1 atom stereocenters. The zero-order valence-electron chi connectivity index (χ0n) is 38.8. The molecule has 1 aromatic carbocycles. The molecule has 1 aromatic rings. The molecule has 54 heavy (non-hydrogen) atoms. The van der Waals surface area contributed by atoms with E-state index < -0.39 is 5.60 Å². The van der Waals surface area contributed by atoms with Crippen LogP contribution in [0.4, 0.5) is 0 Å². The Morgan fingerprint density at radius 3 is 1.57 bits per heavy atom. The number of esters is 1. The van der Waals surface area contributed by atoms with Crippen LogP contribution in [0.25, 0.3) is 0 Å². The summed E-state index contributed by atoms with van der Waals surface area (Å²) in [5.41, 5.74) is 2.24. The molecular weight excluding hydrogens is 683 g/mol. The molecule has 4 nitrogen and oxygen atoms in total. The molecule has 0 spiro atoms. The van der Waals surface area contributed by atoms with Crippen LogP contribution < -0.4 is 5.46 Å². The molecule has 2 saturated carbocycles. The van der Waals surface area contributed by atoms with E-state index in [1.54, 1.807) is 0 Å². The summed E-state index contributed by atoms with van der Waals surface area (Å²) in [5, 5.41) is 0. The minimum absolute atomic E-state index is 0.0224. The van der Waals surface area contributed by atoms with E-state index in [0.29, 0.717) is 5.78 Å². The Kier molecular flexibility index (Phi) is 23.9. The average molecular weight is 772 g/mol. The van der Waals surface area contributed by atoms with Gasteiger partial charge in [0.25, 0.3) is 0 Å². The lowest BCUT2D eigenvalue weighted by Gasteiger charge is -2.38. The number of benzene rings is 1. The first-order valence-corrected chi connectivity index (χ1v) is 22.4. The fourth-order valence-electron chi connectivity index (χ4n) is 7.35. The average Bonchev–Trinajstić information content (AvgIpc) is 3.04. The second-order valence-corrected chi connectivity index (χ2v) is 20.3. The summed E-state index contributed by atoms with van der Waals surface area (Å²) in [7, 11) is 1.82. The number of thiol groups is 1. The molecule has 2 fully saturated rings. The molecule has 313 valence electrons. The largest absolute Gasteiger partial charge is 0.460 e. The van der Waals surface area contributed by atoms with Gasteiger partial charge in [-0.25, -0.2) is 0 Å². The molecule has 0 aliphatic heterocycles. The highest BCUT2D eigenvalue weighted by molar-refractivity contribution is 7.81. The van der Waals surface area contributed by atoms with Crippen molar-refractivity contribution in [2.45, 2.75) is 223 Å². The smallest absolute Gasteiger partial charge is 0.330 e. The van der Waals surface area contributed by atoms with Crippen molar-refractivity contribution in [3.05, 3.63) is 29.3 Å². The lowest BCUT2D eigenvalue weighted by Crippen LogP contribution is -2.46. The highest BCUT2D eigenvalue weighted by Gasteiger charge is 2.40. The van der Waals surface area contributed by atoms with Crippen LogP contribution in [0.3, 0.4) is 0 Å². The van der Waals surface area contributed by atoms with Crippen LogP contribution in [0.5, 0.6) is 0 Å². The van der Waals surface area contributed by atoms with Crippen LogP contribution in [0.2, 0.25) is 0 Å². The van der Waals surface area contributed by atoms with Crippen LogP contribution >= 0.6 is 12.6 Å². The molecule has 0 heterocycles. The number of hydrogen-bond acceptors (Lipinski definition) is 5. The van der Waals surface area contributed by atoms with Gasteiger partial charge in [0.05, 0.1) is 16.9 Å². The number of carbonyl (C=O) groups is 2. The molecule has 6 heteroatoms. The lowest BCUT2D eigenvalue weighted by atomic mass is 9.66. The molecule has 0 N–H and O–H groups in total. The molecule has 1 radical (unpaired) electrons. The SMILES string of the molecule is CCC(C)C(=O)OC(C)(C)C.CCC1CC(C)C1.CCC1CC(CC)C1.CCCC(CCC)(C(=O)C(C)C)c1ccc([B]OC(C)(C)C(C)(C)S)cc1C. The third-order valence-electron chi connectivity index (χ3n) is 12.0. The fraction of sp³-hybridized carbons (Fsp3) is 0.833. The van der Waals surface area contributed by atoms with Gasteiger partial charge in [0, 0.05) is 10.7 Å². The number of rotatable bonds is 16. The zero-order chi connectivity index (χ0) is 42.1. The Balaban J connectivity index is 0.000000865. The van der Waals surface area contributed by atoms with Crippen molar-refractivity contribution < 1.29 is 19.0 Å². The second-order valence-electron chi connectivity index (χ2n) is 19.2. The van der Waals surface area contributed by atoms with Crippen molar-refractivity contribution in [2.24, 2.45) is 35.5 Å². The third kappa shape index (κ3) is 17.9. The van der Waals surface area contributed by atoms with Crippen molar-refractivity contribution >= 4 is 37.3 Å². The Labute approximate surface area is 342 Å². The molecule has 1 unspecified atom stereocenters. The van der Waals surface area contributed by atoms with Crippen LogP contribution in [0.15, 0.2) is 18.2 Å². The van der Waals surface area contributed by atoms with Crippen molar-refractivity contribution in [3.63, 3.8) is 0 Å². The summed E-state index contributed by atoms with van der Waals surface area (Å²) in [6, 6.07) is 6.37. The summed E-state index contributed by atoms with van der Waals surface area (Å²) in [4.78, 5) is 24.5. The number of Topliss-reactive ketones (excluding diaryl/α,β-unsaturated/α-hetero) is 1. The number of aryl methyl sites for hydroxylation is 1. The van der Waals surface area contributed by atoms with Crippen LogP contribution in [-0.4, -0.2) is 35.2 Å². The maximum atomic E-state index is 13.3. The van der Waals surface area contributed by atoms with E-state index in [1.165, 1.54) is 50.5 Å². The molecule has 0 bridgehead atoms. The number of carbonyl (C=O) groups excluding carboxylic acids is 2. The van der Waals surface area contributed by atoms with Gasteiger partial charge in [-0.15, -0.1) is 0 Å². The monoisotopic (exact) mass is 772 g/mol. The molecular formula is C48H88BO4S. The number of ketones is 1. The molecule has 0 amide bonds. The first kappa shape index (κ1) is 52.7. The highest BCUT2D eigenvalue weighted by atomic mass is 32.1. The number of ether oxygens (including phenoxy) is 1. The van der Waals surface area contributed by atoms with Crippen LogP contribution in [0, 0.1) is 42.4 Å². The van der Waals surface area contributed by atoms with E-state index in [9.17, 15) is 9.59 Å². The van der Waals surface area contributed by atoms with Crippen LogP contribution in [-0.2, 0) is 24.4 Å². The van der Waals surface area contributed by atoms with E-state index in [-0.39, 0.29) is 33.6 Å². The van der Waals surface area contributed by atoms with Crippen LogP contribution in [0.1, 0.15) is 206 Å². The minimum atomic E-state index is -0.398. The third-order valence-corrected chi connectivity index (χ3v) is 12.6. The summed E-state index contributed by atoms with van der Waals surface area (Å²) < 4.78 is 11.0. The quantitative estimate of drug-likeness (QED) is 0.103. The predicted octanol–water partition coefficient (Wildman–Crippen LogP) is 13.5. The lowest BCUT2D eigenvalue weighted by molar-refractivity contribution is -0.159. The van der Waals surface area contributed by atoms with Gasteiger partial charge in [-0.05, 0) is 135 Å². The first-order valence-electron chi connectivity index (χ1n) is 22.0. The molecule has 0 saturated heterocycles. The molecule has 3 rings (SSSR count). The zero-order valence-corrected chi connectivity index (χ0v) is 39.7. The fourth-order valence-corrected chi connectivity index (χ4v) is 7.40. The van der Waals surface area contributed by atoms with Gasteiger partial charge in [-0.1, -0.05) is 125 Å². The van der Waals surface area contributed by atoms with Gasteiger partial charge < -0.3 is 9.39 Å². The van der Waals surface area contributed by atoms with Gasteiger partial charge in [-0.2, -0.15) is 12.6 Å². The Morgan fingerprint density at radius 2 is 1.26 bits per heavy atom. The van der Waals surface area contributed by atoms with Crippen molar-refractivity contribution in [3.8, 4) is 0 Å². The summed E-state index contributed by atoms with van der Waals surface area (Å²) >= 11 is 4.66. The van der Waals surface area contributed by atoms with Crippen molar-refractivity contribution in [1.29, 1.82) is 0 Å². The van der Waals surface area contributed by atoms with Crippen molar-refractivity contribution in [2.75, 3.05) is 0 Å². The van der Waals surface area contributed by atoms with E-state index in [0.717, 1.165) is 66.8 Å². The van der Waals surface area contributed by atoms with Gasteiger partial charge in [-0.3, -0.25) is 9.59 Å². The first-order chi connectivity index (χ1) is 24.9. The Hall–Kier alpha value is -1.27. The van der Waals surface area contributed by atoms with E-state index in [1.807, 2.05) is 69.8 Å². The van der Waals surface area contributed by atoms with E-state index in [2.05, 4.69) is 93.1 Å². The maximum absolute atomic E-state index is 13.3. The standard InChI is InChI=1S/C24H40BO2S.C9H18O2.C8H16.C7H14/c1-10-14-24(15-11-2,21(26)17(3)4)20-13-12-19(16-18(20)5)25-27-22(6,7)23(8,9)28;1-6-7(2)8(10)11-9(3,4)5;1-3-7-5-8(4-2)6-7;1-3-7-4-6(2)5-7/h12-13,16-17,28H,10-11,14-15H2,1-9H3;7H,6H2,1-5H3;7-8H,3-6H2,1-2H3;6-7H,3-5H2,1-2H3. The van der Waals surface area contributed by atoms with Gasteiger partial charge in [0.1, 0.15) is 11.4 Å². The van der Waals surface area contributed by atoms with E-state index in [4.69, 9.17) is 9.39 Å². The summed E-state index contributed by atoms with van der Waals surface area (Å²) in [5.74, 6) is 4.66. The minimum Gasteiger partial charge on any atom is -0.460 e. The Bertz CT molecular complexity index is 1180. The highest BCUT2D eigenvalue weighted by Crippen LogP contribution is 2.40. The second kappa shape index (κ2) is 24.5. The Morgan fingerprint density at radius 1 is 0.796 bits per heavy atom. The topological polar surface area (TPSA) is 52.6 Å². The van der Waals surface area contributed by atoms with Gasteiger partial charge >= 0.3 is 13.5 Å². The molecule has 0 aromatic heterocycles. The van der Waals surface area contributed by atoms with Crippen molar-refractivity contribution in [1.82, 2.24) is 0 Å². The predicted molar refractivity (Wildman–Crippen MR) is 240 cm³/mol. The maximum Gasteiger partial charge on any atom is 0.330 e. The molecule has 2 aliphatic carbocycles. The normalized spacial score (nSPS) is 20.4. The summed E-state index contributed by atoms with van der Waals surface area (Å²) in [6.07, 6.45) is 14.9. The molecule has 2 aliphatic rings. The number of hydrogen-bond donors (Lipinski definition) is 1. The van der Waals surface area contributed by atoms with Gasteiger partial charge in [0.2, 0.25) is 0 Å². The summed E-state index contributed by atoms with van der Waals surface area (Å²) in [6.45, 7) is 37.5. The van der Waals surface area contributed by atoms with Gasteiger partial charge in [0.15, 0.2) is 0 Å². The van der Waals surface area contributed by atoms with E-state index >= 15 is 0 Å².